The average Bonchev–Trinajstić information content (AvgIpc) is 3.32. The van der Waals surface area contributed by atoms with E-state index in [0.29, 0.717) is 5.92 Å². The molecule has 0 radical (unpaired) electrons. The van der Waals surface area contributed by atoms with E-state index in [4.69, 9.17) is 0 Å². The Labute approximate surface area is 160 Å². The molecule has 1 saturated carbocycles. The van der Waals surface area contributed by atoms with Crippen LogP contribution in [0.15, 0.2) is 47.8 Å². The van der Waals surface area contributed by atoms with Gasteiger partial charge >= 0.3 is 0 Å². The molecule has 1 unspecified atom stereocenters. The van der Waals surface area contributed by atoms with Crippen molar-refractivity contribution < 1.29 is 0 Å². The number of benzene rings is 2. The van der Waals surface area contributed by atoms with Crippen molar-refractivity contribution >= 4 is 21.4 Å². The van der Waals surface area contributed by atoms with E-state index in [0.717, 1.165) is 13.1 Å². The van der Waals surface area contributed by atoms with Crippen LogP contribution < -0.4 is 0 Å². The molecule has 0 spiro atoms. The Morgan fingerprint density at radius 3 is 2.69 bits per heavy atom. The van der Waals surface area contributed by atoms with Crippen LogP contribution in [-0.4, -0.2) is 37.5 Å². The number of thiophene rings is 1. The first-order valence-electron chi connectivity index (χ1n) is 9.53. The van der Waals surface area contributed by atoms with Crippen LogP contribution in [0.1, 0.15) is 41.0 Å². The summed E-state index contributed by atoms with van der Waals surface area (Å²) in [7, 11) is 6.69. The van der Waals surface area contributed by atoms with Gasteiger partial charge in [0.05, 0.1) is 0 Å². The lowest BCUT2D eigenvalue weighted by Crippen LogP contribution is -2.32. The summed E-state index contributed by atoms with van der Waals surface area (Å²) in [6.45, 7) is 2.16. The van der Waals surface area contributed by atoms with Crippen LogP contribution in [0.3, 0.4) is 0 Å². The van der Waals surface area contributed by atoms with Crippen molar-refractivity contribution in [3.8, 4) is 0 Å². The predicted molar refractivity (Wildman–Crippen MR) is 111 cm³/mol. The molecule has 134 valence electrons. The summed E-state index contributed by atoms with van der Waals surface area (Å²) in [5.41, 5.74) is 6.28. The van der Waals surface area contributed by atoms with Gasteiger partial charge in [0.15, 0.2) is 0 Å². The number of fused-ring (bicyclic) bond motifs is 2. The molecule has 0 N–H and O–H groups in total. The molecule has 1 fully saturated rings. The van der Waals surface area contributed by atoms with Gasteiger partial charge in [-0.2, -0.15) is 0 Å². The fourth-order valence-corrected chi connectivity index (χ4v) is 5.56. The molecular weight excluding hydrogens is 336 g/mol. The second-order valence-electron chi connectivity index (χ2n) is 8.31. The standard InChI is InChI=1S/C23H26N2S/c1-24(2)23(9-10-23)19-6-7-20-18(12-19)14-25(3)15-21(20)17-5-4-16-8-11-26-22(16)13-17/h4-8,11-13,21H,9-10,14-15H2,1-3H3. The van der Waals surface area contributed by atoms with Gasteiger partial charge in [0.25, 0.3) is 0 Å². The lowest BCUT2D eigenvalue weighted by Gasteiger charge is -2.34. The van der Waals surface area contributed by atoms with Crippen molar-refractivity contribution in [1.82, 2.24) is 9.80 Å². The second kappa shape index (κ2) is 5.91. The Hall–Kier alpha value is -1.68. The maximum atomic E-state index is 2.49. The second-order valence-corrected chi connectivity index (χ2v) is 9.25. The number of nitrogens with zero attached hydrogens (tertiary/aromatic N) is 2. The van der Waals surface area contributed by atoms with Gasteiger partial charge in [0.1, 0.15) is 0 Å². The molecule has 1 atom stereocenters. The van der Waals surface area contributed by atoms with E-state index in [9.17, 15) is 0 Å². The van der Waals surface area contributed by atoms with Crippen LogP contribution in [0.5, 0.6) is 0 Å². The van der Waals surface area contributed by atoms with Crippen molar-refractivity contribution in [2.24, 2.45) is 0 Å². The molecule has 1 aromatic heterocycles. The van der Waals surface area contributed by atoms with Crippen molar-refractivity contribution in [3.63, 3.8) is 0 Å². The maximum absolute atomic E-state index is 2.49. The van der Waals surface area contributed by atoms with Gasteiger partial charge in [0.2, 0.25) is 0 Å². The first-order chi connectivity index (χ1) is 12.6. The summed E-state index contributed by atoms with van der Waals surface area (Å²) in [5.74, 6) is 0.471. The third-order valence-electron chi connectivity index (χ3n) is 6.45. The van der Waals surface area contributed by atoms with E-state index in [1.807, 2.05) is 11.3 Å². The average molecular weight is 363 g/mol. The number of hydrogen-bond donors (Lipinski definition) is 0. The van der Waals surface area contributed by atoms with E-state index < -0.39 is 0 Å². The predicted octanol–water partition coefficient (Wildman–Crippen LogP) is 5.03. The zero-order chi connectivity index (χ0) is 17.9. The van der Waals surface area contributed by atoms with Crippen molar-refractivity contribution in [2.45, 2.75) is 30.8 Å². The fraction of sp³-hybridized carbons (Fsp3) is 0.391. The van der Waals surface area contributed by atoms with Crippen LogP contribution in [0, 0.1) is 0 Å². The number of likely N-dealkylation sites (N-methyl/N-ethyl adjacent to an activating group) is 1. The largest absolute Gasteiger partial charge is 0.301 e. The van der Waals surface area contributed by atoms with Crippen molar-refractivity contribution in [1.29, 1.82) is 0 Å². The number of hydrogen-bond acceptors (Lipinski definition) is 3. The van der Waals surface area contributed by atoms with Crippen LogP contribution in [0.25, 0.3) is 10.1 Å². The van der Waals surface area contributed by atoms with Crippen molar-refractivity contribution in [3.05, 3.63) is 70.1 Å². The van der Waals surface area contributed by atoms with Gasteiger partial charge in [-0.25, -0.2) is 0 Å². The van der Waals surface area contributed by atoms with E-state index in [1.165, 1.54) is 45.2 Å². The zero-order valence-corrected chi connectivity index (χ0v) is 16.6. The van der Waals surface area contributed by atoms with E-state index in [1.54, 1.807) is 0 Å². The summed E-state index contributed by atoms with van der Waals surface area (Å²) >= 11 is 1.85. The van der Waals surface area contributed by atoms with Crippen LogP contribution >= 0.6 is 11.3 Å². The Bertz CT molecular complexity index is 967. The minimum absolute atomic E-state index is 0.288. The highest BCUT2D eigenvalue weighted by Gasteiger charge is 2.46. The lowest BCUT2D eigenvalue weighted by molar-refractivity contribution is 0.272. The molecule has 2 heterocycles. The third-order valence-corrected chi connectivity index (χ3v) is 7.33. The molecule has 0 bridgehead atoms. The molecule has 1 aliphatic heterocycles. The summed E-state index contributed by atoms with van der Waals surface area (Å²) in [6.07, 6.45) is 2.57. The molecule has 2 nitrogen and oxygen atoms in total. The van der Waals surface area contributed by atoms with Gasteiger partial charge in [-0.1, -0.05) is 30.3 Å². The first-order valence-corrected chi connectivity index (χ1v) is 10.4. The minimum atomic E-state index is 0.288. The molecule has 3 aromatic rings. The summed E-state index contributed by atoms with van der Waals surface area (Å²) in [6, 6.07) is 16.6. The molecule has 0 saturated heterocycles. The maximum Gasteiger partial charge on any atom is 0.0456 e. The van der Waals surface area contributed by atoms with Gasteiger partial charge in [-0.15, -0.1) is 11.3 Å². The fourth-order valence-electron chi connectivity index (χ4n) is 4.72. The van der Waals surface area contributed by atoms with Gasteiger partial charge in [-0.3, -0.25) is 4.90 Å². The highest BCUT2D eigenvalue weighted by molar-refractivity contribution is 7.17. The lowest BCUT2D eigenvalue weighted by atomic mass is 9.83. The SMILES string of the molecule is CN1Cc2cc(C3(N(C)C)CC3)ccc2C(c2ccc3ccsc3c2)C1. The van der Waals surface area contributed by atoms with Gasteiger partial charge < -0.3 is 4.90 Å². The monoisotopic (exact) mass is 362 g/mol. The van der Waals surface area contributed by atoms with E-state index >= 15 is 0 Å². The third kappa shape index (κ3) is 2.53. The smallest absolute Gasteiger partial charge is 0.0456 e. The highest BCUT2D eigenvalue weighted by Crippen LogP contribution is 2.50. The molecule has 2 aliphatic rings. The number of rotatable bonds is 3. The minimum Gasteiger partial charge on any atom is -0.301 e. The topological polar surface area (TPSA) is 6.48 Å². The normalized spacial score (nSPS) is 21.9. The molecule has 1 aliphatic carbocycles. The summed E-state index contributed by atoms with van der Waals surface area (Å²) in [4.78, 5) is 4.88. The van der Waals surface area contributed by atoms with E-state index in [2.05, 4.69) is 78.8 Å². The Morgan fingerprint density at radius 1 is 1.08 bits per heavy atom. The Kier molecular flexibility index (Phi) is 3.75. The van der Waals surface area contributed by atoms with Crippen LogP contribution in [0.4, 0.5) is 0 Å². The van der Waals surface area contributed by atoms with Crippen LogP contribution in [-0.2, 0) is 12.1 Å². The van der Waals surface area contributed by atoms with E-state index in [-0.39, 0.29) is 5.54 Å². The van der Waals surface area contributed by atoms with Crippen molar-refractivity contribution in [2.75, 3.05) is 27.7 Å². The highest BCUT2D eigenvalue weighted by atomic mass is 32.1. The summed E-state index contributed by atoms with van der Waals surface area (Å²) in [5, 5.41) is 3.55. The van der Waals surface area contributed by atoms with Gasteiger partial charge in [0, 0.05) is 29.2 Å². The quantitative estimate of drug-likeness (QED) is 0.645. The Balaban J connectivity index is 1.57. The molecule has 2 aromatic carbocycles. The molecule has 3 heteroatoms. The first kappa shape index (κ1) is 16.5. The molecule has 5 rings (SSSR count). The Morgan fingerprint density at radius 2 is 1.92 bits per heavy atom. The molecule has 0 amide bonds. The zero-order valence-electron chi connectivity index (χ0n) is 15.8. The molecule has 26 heavy (non-hydrogen) atoms. The summed E-state index contributed by atoms with van der Waals surface area (Å²) < 4.78 is 1.40. The van der Waals surface area contributed by atoms with Gasteiger partial charge in [-0.05, 0) is 79.1 Å². The van der Waals surface area contributed by atoms with Crippen LogP contribution in [0.2, 0.25) is 0 Å². The molecular formula is C23H26N2S.